The summed E-state index contributed by atoms with van der Waals surface area (Å²) in [5, 5.41) is 1.42. The number of aryl methyl sites for hydroxylation is 1. The molecule has 1 nitrogen and oxygen atoms in total. The first kappa shape index (κ1) is 10.3. The third-order valence-corrected chi connectivity index (χ3v) is 2.84. The summed E-state index contributed by atoms with van der Waals surface area (Å²) in [4.78, 5) is 0. The number of fused-ring (bicyclic) bond motifs is 1. The normalized spacial score (nSPS) is 11.5. The van der Waals surface area contributed by atoms with Crippen LogP contribution in [0.4, 0.5) is 0 Å². The molecule has 2 aromatic rings. The van der Waals surface area contributed by atoms with Gasteiger partial charge in [-0.15, -0.1) is 0 Å². The van der Waals surface area contributed by atoms with Crippen LogP contribution >= 0.6 is 0 Å². The van der Waals surface area contributed by atoms with Gasteiger partial charge in [0.05, 0.1) is 0 Å². The zero-order valence-corrected chi connectivity index (χ0v) is 9.83. The van der Waals surface area contributed by atoms with Crippen LogP contribution in [0.2, 0.25) is 0 Å². The zero-order chi connectivity index (χ0) is 10.8. The van der Waals surface area contributed by atoms with Crippen molar-refractivity contribution < 1.29 is 0 Å². The maximum Gasteiger partial charge on any atom is 0.0483 e. The number of hydrogen-bond donors (Lipinski definition) is 0. The summed E-state index contributed by atoms with van der Waals surface area (Å²) < 4.78 is 2.34. The van der Waals surface area contributed by atoms with E-state index in [1.54, 1.807) is 0 Å². The van der Waals surface area contributed by atoms with Gasteiger partial charge < -0.3 is 4.57 Å². The Bertz CT molecular complexity index is 451. The van der Waals surface area contributed by atoms with Crippen LogP contribution in [-0.2, 0) is 13.0 Å². The Balaban J connectivity index is 2.55. The summed E-state index contributed by atoms with van der Waals surface area (Å²) in [6, 6.07) is 8.70. The second-order valence-corrected chi connectivity index (χ2v) is 4.56. The zero-order valence-electron chi connectivity index (χ0n) is 9.83. The van der Waals surface area contributed by atoms with Crippen LogP contribution in [0.3, 0.4) is 0 Å². The van der Waals surface area contributed by atoms with Crippen molar-refractivity contribution in [2.24, 2.45) is 5.92 Å². The molecule has 0 unspecified atom stereocenters. The molecule has 0 aliphatic heterocycles. The molecular formula is C14H19N. The van der Waals surface area contributed by atoms with E-state index >= 15 is 0 Å². The first-order valence-corrected chi connectivity index (χ1v) is 5.79. The van der Waals surface area contributed by atoms with E-state index in [0.29, 0.717) is 0 Å². The van der Waals surface area contributed by atoms with Gasteiger partial charge in [-0.05, 0) is 30.9 Å². The molecule has 0 aliphatic carbocycles. The van der Waals surface area contributed by atoms with Gasteiger partial charge in [-0.2, -0.15) is 0 Å². The van der Waals surface area contributed by atoms with Crippen molar-refractivity contribution in [3.05, 3.63) is 36.0 Å². The van der Waals surface area contributed by atoms with Crippen molar-refractivity contribution in [1.29, 1.82) is 0 Å². The van der Waals surface area contributed by atoms with E-state index < -0.39 is 0 Å². The van der Waals surface area contributed by atoms with E-state index in [2.05, 4.69) is 55.8 Å². The molecule has 0 aliphatic rings. The van der Waals surface area contributed by atoms with E-state index in [9.17, 15) is 0 Å². The number of rotatable bonds is 3. The standard InChI is InChI=1S/C14H19N/c1-4-15-10-12(9-11(2)3)13-7-5-6-8-14(13)15/h5-8,10-11H,4,9H2,1-3H3. The number of nitrogens with zero attached hydrogens (tertiary/aromatic N) is 1. The average Bonchev–Trinajstić information content (AvgIpc) is 2.56. The van der Waals surface area contributed by atoms with Crippen molar-refractivity contribution >= 4 is 10.9 Å². The molecule has 0 saturated heterocycles. The van der Waals surface area contributed by atoms with Gasteiger partial charge in [0, 0.05) is 23.6 Å². The minimum absolute atomic E-state index is 0.723. The molecule has 0 N–H and O–H groups in total. The molecule has 15 heavy (non-hydrogen) atoms. The molecule has 1 heteroatoms. The number of aromatic nitrogens is 1. The van der Waals surface area contributed by atoms with Gasteiger partial charge in [0.2, 0.25) is 0 Å². The highest BCUT2D eigenvalue weighted by Crippen LogP contribution is 2.23. The largest absolute Gasteiger partial charge is 0.347 e. The molecule has 1 aromatic carbocycles. The summed E-state index contributed by atoms with van der Waals surface area (Å²) in [6.45, 7) is 7.81. The lowest BCUT2D eigenvalue weighted by molar-refractivity contribution is 0.647. The fourth-order valence-electron chi connectivity index (χ4n) is 2.19. The predicted octanol–water partition coefficient (Wildman–Crippen LogP) is 3.86. The molecule has 0 radical (unpaired) electrons. The minimum atomic E-state index is 0.723. The van der Waals surface area contributed by atoms with Gasteiger partial charge >= 0.3 is 0 Å². The van der Waals surface area contributed by atoms with Crippen LogP contribution in [-0.4, -0.2) is 4.57 Å². The monoisotopic (exact) mass is 201 g/mol. The Kier molecular flexibility index (Phi) is 2.81. The molecule has 0 amide bonds. The highest BCUT2D eigenvalue weighted by Gasteiger charge is 2.07. The van der Waals surface area contributed by atoms with Crippen LogP contribution in [0.15, 0.2) is 30.5 Å². The average molecular weight is 201 g/mol. The van der Waals surface area contributed by atoms with Crippen molar-refractivity contribution in [3.8, 4) is 0 Å². The van der Waals surface area contributed by atoms with Crippen LogP contribution < -0.4 is 0 Å². The van der Waals surface area contributed by atoms with E-state index in [0.717, 1.165) is 12.5 Å². The fourth-order valence-corrected chi connectivity index (χ4v) is 2.19. The Morgan fingerprint density at radius 3 is 2.60 bits per heavy atom. The lowest BCUT2D eigenvalue weighted by atomic mass is 10.0. The summed E-state index contributed by atoms with van der Waals surface area (Å²) in [7, 11) is 0. The van der Waals surface area contributed by atoms with E-state index in [-0.39, 0.29) is 0 Å². The highest BCUT2D eigenvalue weighted by molar-refractivity contribution is 5.83. The van der Waals surface area contributed by atoms with E-state index in [4.69, 9.17) is 0 Å². The third-order valence-electron chi connectivity index (χ3n) is 2.84. The lowest BCUT2D eigenvalue weighted by Gasteiger charge is -2.01. The number of benzene rings is 1. The first-order chi connectivity index (χ1) is 7.22. The number of para-hydroxylation sites is 1. The van der Waals surface area contributed by atoms with Gasteiger partial charge in [-0.25, -0.2) is 0 Å². The molecule has 1 heterocycles. The van der Waals surface area contributed by atoms with Crippen molar-refractivity contribution in [3.63, 3.8) is 0 Å². The molecule has 0 fully saturated rings. The van der Waals surface area contributed by atoms with Crippen molar-refractivity contribution in [2.45, 2.75) is 33.7 Å². The first-order valence-electron chi connectivity index (χ1n) is 5.79. The van der Waals surface area contributed by atoms with Gasteiger partial charge in [-0.3, -0.25) is 0 Å². The SMILES string of the molecule is CCn1cc(CC(C)C)c2ccccc21. The topological polar surface area (TPSA) is 4.93 Å². The highest BCUT2D eigenvalue weighted by atomic mass is 14.9. The summed E-state index contributed by atoms with van der Waals surface area (Å²) in [6.07, 6.45) is 3.48. The molecule has 0 bridgehead atoms. The van der Waals surface area contributed by atoms with Gasteiger partial charge in [0.25, 0.3) is 0 Å². The molecule has 2 rings (SSSR count). The summed E-state index contributed by atoms with van der Waals surface area (Å²) in [5.74, 6) is 0.723. The smallest absolute Gasteiger partial charge is 0.0483 e. The van der Waals surface area contributed by atoms with Crippen molar-refractivity contribution in [2.75, 3.05) is 0 Å². The third kappa shape index (κ3) is 1.92. The van der Waals surface area contributed by atoms with Crippen LogP contribution in [0.5, 0.6) is 0 Å². The molecule has 0 saturated carbocycles. The van der Waals surface area contributed by atoms with Gasteiger partial charge in [0.1, 0.15) is 0 Å². The lowest BCUT2D eigenvalue weighted by Crippen LogP contribution is -1.93. The van der Waals surface area contributed by atoms with Crippen LogP contribution in [0.1, 0.15) is 26.3 Å². The van der Waals surface area contributed by atoms with Gasteiger partial charge in [0.15, 0.2) is 0 Å². The molecule has 0 atom stereocenters. The van der Waals surface area contributed by atoms with Crippen LogP contribution in [0, 0.1) is 5.92 Å². The molecule has 80 valence electrons. The van der Waals surface area contributed by atoms with E-state index in [1.807, 2.05) is 0 Å². The summed E-state index contributed by atoms with van der Waals surface area (Å²) >= 11 is 0. The maximum absolute atomic E-state index is 2.34. The molecule has 0 spiro atoms. The molecule has 1 aromatic heterocycles. The van der Waals surface area contributed by atoms with Crippen molar-refractivity contribution in [1.82, 2.24) is 4.57 Å². The Morgan fingerprint density at radius 1 is 1.20 bits per heavy atom. The number of hydrogen-bond acceptors (Lipinski definition) is 0. The van der Waals surface area contributed by atoms with E-state index in [1.165, 1.54) is 22.9 Å². The maximum atomic E-state index is 2.34. The second-order valence-electron chi connectivity index (χ2n) is 4.56. The Labute approximate surface area is 91.7 Å². The van der Waals surface area contributed by atoms with Crippen LogP contribution in [0.25, 0.3) is 10.9 Å². The summed E-state index contributed by atoms with van der Waals surface area (Å²) in [5.41, 5.74) is 2.86. The quantitative estimate of drug-likeness (QED) is 0.710. The van der Waals surface area contributed by atoms with Gasteiger partial charge in [-0.1, -0.05) is 32.0 Å². The fraction of sp³-hybridized carbons (Fsp3) is 0.429. The Morgan fingerprint density at radius 2 is 1.93 bits per heavy atom. The Hall–Kier alpha value is -1.24. The molecular weight excluding hydrogens is 182 g/mol. The second kappa shape index (κ2) is 4.09. The predicted molar refractivity (Wildman–Crippen MR) is 66.2 cm³/mol. The minimum Gasteiger partial charge on any atom is -0.347 e.